The predicted octanol–water partition coefficient (Wildman–Crippen LogP) is 5.46. The number of benzene rings is 2. The van der Waals surface area contributed by atoms with Crippen molar-refractivity contribution in [2.24, 2.45) is 0 Å². The average Bonchev–Trinajstić information content (AvgIpc) is 2.39. The van der Waals surface area contributed by atoms with Gasteiger partial charge in [0.2, 0.25) is 0 Å². The Bertz CT molecular complexity index is 691. The van der Waals surface area contributed by atoms with Crippen molar-refractivity contribution in [2.45, 2.75) is 6.92 Å². The van der Waals surface area contributed by atoms with Crippen molar-refractivity contribution < 1.29 is 9.18 Å². The molecule has 0 fully saturated rings. The van der Waals surface area contributed by atoms with E-state index < -0.39 is 0 Å². The van der Waals surface area contributed by atoms with Crippen molar-refractivity contribution in [2.75, 3.05) is 5.32 Å². The second-order valence-electron chi connectivity index (χ2n) is 4.16. The summed E-state index contributed by atoms with van der Waals surface area (Å²) in [6.07, 6.45) is 0. The monoisotopic (exact) mass is 375 g/mol. The molecule has 2 aromatic rings. The highest BCUT2D eigenvalue weighted by atomic mass is 79.9. The normalized spacial score (nSPS) is 10.4. The van der Waals surface area contributed by atoms with Crippen LogP contribution in [0.3, 0.4) is 0 Å². The van der Waals surface area contributed by atoms with Gasteiger partial charge in [-0.05, 0) is 58.7 Å². The third kappa shape index (κ3) is 3.32. The van der Waals surface area contributed by atoms with Gasteiger partial charge in [0, 0.05) is 11.3 Å². The first kappa shape index (κ1) is 15.3. The highest BCUT2D eigenvalue weighted by Gasteiger charge is 2.11. The van der Waals surface area contributed by atoms with Crippen LogP contribution in [0.4, 0.5) is 10.1 Å². The maximum absolute atomic E-state index is 13.3. The van der Waals surface area contributed by atoms with Crippen LogP contribution in [0.15, 0.2) is 34.8 Å². The minimum atomic E-state index is -0.380. The minimum Gasteiger partial charge on any atom is -0.322 e. The van der Waals surface area contributed by atoms with E-state index >= 15 is 0 Å². The number of hydrogen-bond acceptors (Lipinski definition) is 1. The molecular weight excluding hydrogens is 368 g/mol. The van der Waals surface area contributed by atoms with Crippen LogP contribution in [0.25, 0.3) is 0 Å². The molecule has 0 heterocycles. The Labute approximate surface area is 134 Å². The maximum Gasteiger partial charge on any atom is 0.255 e. The first-order valence-electron chi connectivity index (χ1n) is 5.60. The van der Waals surface area contributed by atoms with Crippen molar-refractivity contribution in [3.8, 4) is 0 Å². The van der Waals surface area contributed by atoms with Gasteiger partial charge in [0.25, 0.3) is 5.91 Å². The molecule has 6 heteroatoms. The average molecular weight is 377 g/mol. The molecule has 0 unspecified atom stereocenters. The lowest BCUT2D eigenvalue weighted by Crippen LogP contribution is -2.13. The molecule has 0 aliphatic heterocycles. The number of halogens is 4. The predicted molar refractivity (Wildman–Crippen MR) is 83.3 cm³/mol. The quantitative estimate of drug-likeness (QED) is 0.741. The van der Waals surface area contributed by atoms with Crippen LogP contribution >= 0.6 is 39.1 Å². The summed E-state index contributed by atoms with van der Waals surface area (Å²) in [4.78, 5) is 12.1. The van der Waals surface area contributed by atoms with Crippen molar-refractivity contribution in [1.82, 2.24) is 0 Å². The summed E-state index contributed by atoms with van der Waals surface area (Å²) in [5.41, 5.74) is 1.52. The summed E-state index contributed by atoms with van der Waals surface area (Å²) in [5.74, 6) is -0.722. The van der Waals surface area contributed by atoms with E-state index in [1.165, 1.54) is 18.2 Å². The van der Waals surface area contributed by atoms with Crippen LogP contribution in [-0.4, -0.2) is 5.91 Å². The lowest BCUT2D eigenvalue weighted by atomic mass is 10.1. The molecule has 0 aliphatic carbocycles. The number of amides is 1. The van der Waals surface area contributed by atoms with Gasteiger partial charge in [-0.1, -0.05) is 23.2 Å². The summed E-state index contributed by atoms with van der Waals surface area (Å²) in [6.45, 7) is 1.71. The Morgan fingerprint density at radius 1 is 1.20 bits per heavy atom. The highest BCUT2D eigenvalue weighted by Crippen LogP contribution is 2.26. The van der Waals surface area contributed by atoms with Gasteiger partial charge >= 0.3 is 0 Å². The molecule has 2 nitrogen and oxygen atoms in total. The number of carbonyl (C=O) groups excluding carboxylic acids is 1. The number of anilines is 1. The van der Waals surface area contributed by atoms with Crippen molar-refractivity contribution in [3.63, 3.8) is 0 Å². The Balaban J connectivity index is 2.27. The molecule has 1 amide bonds. The summed E-state index contributed by atoms with van der Waals surface area (Å²) in [7, 11) is 0. The number of nitrogens with one attached hydrogen (secondary N) is 1. The van der Waals surface area contributed by atoms with Gasteiger partial charge in [-0.25, -0.2) is 4.39 Å². The molecule has 0 aliphatic rings. The number of carbonyl (C=O) groups is 1. The molecule has 20 heavy (non-hydrogen) atoms. The number of aryl methyl sites for hydroxylation is 1. The molecule has 2 aromatic carbocycles. The lowest BCUT2D eigenvalue weighted by molar-refractivity contribution is 0.102. The molecule has 1 N–H and O–H groups in total. The zero-order chi connectivity index (χ0) is 14.9. The molecule has 2 rings (SSSR count). The number of rotatable bonds is 2. The number of hydrogen-bond donors (Lipinski definition) is 1. The maximum atomic E-state index is 13.3. The molecule has 0 saturated heterocycles. The Morgan fingerprint density at radius 3 is 2.55 bits per heavy atom. The molecule has 0 saturated carbocycles. The summed E-state index contributed by atoms with van der Waals surface area (Å²) >= 11 is 14.7. The fourth-order valence-electron chi connectivity index (χ4n) is 1.61. The minimum absolute atomic E-state index is 0.285. The zero-order valence-electron chi connectivity index (χ0n) is 10.3. The molecule has 0 radical (unpaired) electrons. The van der Waals surface area contributed by atoms with Gasteiger partial charge in [-0.15, -0.1) is 0 Å². The van der Waals surface area contributed by atoms with E-state index in [0.29, 0.717) is 26.9 Å². The van der Waals surface area contributed by atoms with E-state index in [1.54, 1.807) is 19.1 Å². The van der Waals surface area contributed by atoms with Crippen LogP contribution in [0, 0.1) is 12.7 Å². The SMILES string of the molecule is Cc1cc(F)c(Br)cc1NC(=O)c1ccc(Cl)c(Cl)c1. The second kappa shape index (κ2) is 6.12. The highest BCUT2D eigenvalue weighted by molar-refractivity contribution is 9.10. The van der Waals surface area contributed by atoms with Crippen LogP contribution in [0.5, 0.6) is 0 Å². The Kier molecular flexibility index (Phi) is 4.68. The van der Waals surface area contributed by atoms with Gasteiger partial charge in [-0.2, -0.15) is 0 Å². The molecular formula is C14H9BrCl2FNO. The van der Waals surface area contributed by atoms with Crippen LogP contribution in [0.1, 0.15) is 15.9 Å². The van der Waals surface area contributed by atoms with Crippen LogP contribution in [0.2, 0.25) is 10.0 Å². The second-order valence-corrected chi connectivity index (χ2v) is 5.83. The van der Waals surface area contributed by atoms with Gasteiger partial charge < -0.3 is 5.32 Å². The molecule has 104 valence electrons. The van der Waals surface area contributed by atoms with Crippen molar-refractivity contribution in [1.29, 1.82) is 0 Å². The largest absolute Gasteiger partial charge is 0.322 e. The van der Waals surface area contributed by atoms with E-state index in [-0.39, 0.29) is 16.2 Å². The van der Waals surface area contributed by atoms with E-state index in [0.717, 1.165) is 0 Å². The topological polar surface area (TPSA) is 29.1 Å². The molecule has 0 spiro atoms. The van der Waals surface area contributed by atoms with E-state index in [9.17, 15) is 9.18 Å². The third-order valence-corrected chi connectivity index (χ3v) is 4.04. The third-order valence-electron chi connectivity index (χ3n) is 2.70. The summed E-state index contributed by atoms with van der Waals surface area (Å²) in [6, 6.07) is 7.45. The van der Waals surface area contributed by atoms with Gasteiger partial charge in [0.05, 0.1) is 14.5 Å². The Hall–Kier alpha value is -1.10. The first-order valence-corrected chi connectivity index (χ1v) is 7.15. The van der Waals surface area contributed by atoms with Gasteiger partial charge in [-0.3, -0.25) is 4.79 Å². The van der Waals surface area contributed by atoms with Crippen LogP contribution < -0.4 is 5.32 Å². The smallest absolute Gasteiger partial charge is 0.255 e. The van der Waals surface area contributed by atoms with Gasteiger partial charge in [0.1, 0.15) is 5.82 Å². The van der Waals surface area contributed by atoms with Crippen molar-refractivity contribution in [3.05, 3.63) is 61.8 Å². The lowest BCUT2D eigenvalue weighted by Gasteiger charge is -2.10. The van der Waals surface area contributed by atoms with Crippen molar-refractivity contribution >= 4 is 50.7 Å². The first-order chi connectivity index (χ1) is 9.38. The fourth-order valence-corrected chi connectivity index (χ4v) is 2.25. The van der Waals surface area contributed by atoms with E-state index in [4.69, 9.17) is 23.2 Å². The van der Waals surface area contributed by atoms with E-state index in [1.807, 2.05) is 0 Å². The standard InChI is InChI=1S/C14H9BrCl2FNO/c1-7-4-12(18)9(15)6-13(7)19-14(20)8-2-3-10(16)11(17)5-8/h2-6H,1H3,(H,19,20). The van der Waals surface area contributed by atoms with E-state index in [2.05, 4.69) is 21.2 Å². The molecule has 0 bridgehead atoms. The summed E-state index contributed by atoms with van der Waals surface area (Å²) in [5, 5.41) is 3.38. The fraction of sp³-hybridized carbons (Fsp3) is 0.0714. The zero-order valence-corrected chi connectivity index (χ0v) is 13.4. The molecule has 0 atom stereocenters. The summed E-state index contributed by atoms with van der Waals surface area (Å²) < 4.78 is 13.6. The molecule has 0 aromatic heterocycles. The van der Waals surface area contributed by atoms with Crippen LogP contribution in [-0.2, 0) is 0 Å². The van der Waals surface area contributed by atoms with Gasteiger partial charge in [0.15, 0.2) is 0 Å². The Morgan fingerprint density at radius 2 is 1.90 bits per heavy atom.